The molecule has 0 bridgehead atoms. The molecule has 4 heteroatoms. The summed E-state index contributed by atoms with van der Waals surface area (Å²) in [4.78, 5) is 22.3. The first-order chi connectivity index (χ1) is 6.16. The molecule has 1 aromatic carbocycles. The molecule has 0 saturated carbocycles. The van der Waals surface area contributed by atoms with Crippen molar-refractivity contribution in [3.05, 3.63) is 29.8 Å². The van der Waals surface area contributed by atoms with Gasteiger partial charge in [0.05, 0.1) is 5.56 Å². The number of hydrogen-bond donors (Lipinski definition) is 2. The van der Waals surface area contributed by atoms with Gasteiger partial charge in [-0.25, -0.2) is 0 Å². The first kappa shape index (κ1) is 9.25. The largest absolute Gasteiger partial charge is 0.398 e. The molecular formula is C9H10N2O2. The molecule has 0 spiro atoms. The third kappa shape index (κ3) is 1.84. The summed E-state index contributed by atoms with van der Waals surface area (Å²) in [6, 6.07) is 6.46. The quantitative estimate of drug-likeness (QED) is 0.386. The van der Waals surface area contributed by atoms with Crippen molar-refractivity contribution in [2.24, 2.45) is 0 Å². The average Bonchev–Trinajstić information content (AvgIpc) is 2.16. The minimum Gasteiger partial charge on any atom is -0.398 e. The number of ketones is 1. The van der Waals surface area contributed by atoms with E-state index in [-0.39, 0.29) is 5.56 Å². The molecule has 0 radical (unpaired) electrons. The van der Waals surface area contributed by atoms with Gasteiger partial charge in [0.2, 0.25) is 0 Å². The summed E-state index contributed by atoms with van der Waals surface area (Å²) in [5.74, 6) is -1.27. The Hall–Kier alpha value is -1.84. The standard InChI is InChI=1S/C9H10N2O2/c1-11-9(13)8(12)6-4-2-3-5-7(6)10/h2-5H,10H2,1H3,(H,11,13). The lowest BCUT2D eigenvalue weighted by atomic mass is 10.1. The van der Waals surface area contributed by atoms with E-state index in [1.165, 1.54) is 13.1 Å². The number of hydrogen-bond acceptors (Lipinski definition) is 3. The number of nitrogens with two attached hydrogens (primary N) is 1. The molecule has 4 nitrogen and oxygen atoms in total. The summed E-state index contributed by atoms with van der Waals surface area (Å²) >= 11 is 0. The maximum atomic E-state index is 11.3. The van der Waals surface area contributed by atoms with Crippen LogP contribution >= 0.6 is 0 Å². The summed E-state index contributed by atoms with van der Waals surface area (Å²) in [5, 5.41) is 2.25. The van der Waals surface area contributed by atoms with Crippen molar-refractivity contribution in [3.8, 4) is 0 Å². The Morgan fingerprint density at radius 2 is 1.92 bits per heavy atom. The first-order valence-electron chi connectivity index (χ1n) is 3.77. The number of carbonyl (C=O) groups is 2. The highest BCUT2D eigenvalue weighted by molar-refractivity contribution is 6.43. The number of carbonyl (C=O) groups excluding carboxylic acids is 2. The van der Waals surface area contributed by atoms with Gasteiger partial charge in [0.15, 0.2) is 0 Å². The molecule has 0 fully saturated rings. The highest BCUT2D eigenvalue weighted by Gasteiger charge is 2.15. The Morgan fingerprint density at radius 3 is 2.46 bits per heavy atom. The van der Waals surface area contributed by atoms with Crippen molar-refractivity contribution in [1.82, 2.24) is 5.32 Å². The number of likely N-dealkylation sites (N-methyl/N-ethyl adjacent to an activating group) is 1. The van der Waals surface area contributed by atoms with E-state index in [9.17, 15) is 9.59 Å². The predicted octanol–water partition coefficient (Wildman–Crippen LogP) is 0.197. The van der Waals surface area contributed by atoms with Crippen molar-refractivity contribution in [2.75, 3.05) is 12.8 Å². The summed E-state index contributed by atoms with van der Waals surface area (Å²) in [5.41, 5.74) is 6.07. The van der Waals surface area contributed by atoms with Crippen LogP contribution in [0, 0.1) is 0 Å². The number of anilines is 1. The van der Waals surface area contributed by atoms with Crippen LogP contribution in [0.25, 0.3) is 0 Å². The van der Waals surface area contributed by atoms with Gasteiger partial charge < -0.3 is 11.1 Å². The first-order valence-corrected chi connectivity index (χ1v) is 3.77. The number of benzene rings is 1. The fourth-order valence-corrected chi connectivity index (χ4v) is 0.940. The fraction of sp³-hybridized carbons (Fsp3) is 0.111. The number of para-hydroxylation sites is 1. The minimum absolute atomic E-state index is 0.238. The van der Waals surface area contributed by atoms with Gasteiger partial charge in [0, 0.05) is 12.7 Å². The summed E-state index contributed by atoms with van der Waals surface area (Å²) in [6.07, 6.45) is 0. The zero-order chi connectivity index (χ0) is 9.84. The van der Waals surface area contributed by atoms with Crippen LogP contribution in [0.4, 0.5) is 5.69 Å². The zero-order valence-corrected chi connectivity index (χ0v) is 7.20. The van der Waals surface area contributed by atoms with E-state index < -0.39 is 11.7 Å². The number of nitrogen functional groups attached to an aromatic ring is 1. The maximum absolute atomic E-state index is 11.3. The second kappa shape index (κ2) is 3.71. The zero-order valence-electron chi connectivity index (χ0n) is 7.20. The Morgan fingerprint density at radius 1 is 1.31 bits per heavy atom. The van der Waals surface area contributed by atoms with Crippen LogP contribution in [-0.2, 0) is 4.79 Å². The fourth-order valence-electron chi connectivity index (χ4n) is 0.940. The van der Waals surface area contributed by atoms with Crippen LogP contribution in [0.1, 0.15) is 10.4 Å². The Balaban J connectivity index is 3.02. The highest BCUT2D eigenvalue weighted by Crippen LogP contribution is 2.10. The molecule has 1 rings (SSSR count). The minimum atomic E-state index is -0.655. The Kier molecular flexibility index (Phi) is 2.64. The molecule has 0 aliphatic rings. The van der Waals surface area contributed by atoms with Crippen LogP contribution in [0.15, 0.2) is 24.3 Å². The second-order valence-corrected chi connectivity index (χ2v) is 2.50. The lowest BCUT2D eigenvalue weighted by Gasteiger charge is -2.01. The predicted molar refractivity (Wildman–Crippen MR) is 49.3 cm³/mol. The molecule has 1 amide bonds. The van der Waals surface area contributed by atoms with Crippen LogP contribution in [0.2, 0.25) is 0 Å². The van der Waals surface area contributed by atoms with Crippen molar-refractivity contribution >= 4 is 17.4 Å². The molecule has 13 heavy (non-hydrogen) atoms. The van der Waals surface area contributed by atoms with Crippen molar-refractivity contribution in [3.63, 3.8) is 0 Å². The van der Waals surface area contributed by atoms with E-state index in [0.717, 1.165) is 0 Å². The molecule has 0 saturated heterocycles. The molecule has 0 aromatic heterocycles. The summed E-state index contributed by atoms with van der Waals surface area (Å²) in [7, 11) is 1.40. The molecule has 3 N–H and O–H groups in total. The van der Waals surface area contributed by atoms with Crippen molar-refractivity contribution in [2.45, 2.75) is 0 Å². The topological polar surface area (TPSA) is 72.2 Å². The van der Waals surface area contributed by atoms with Gasteiger partial charge in [-0.2, -0.15) is 0 Å². The van der Waals surface area contributed by atoms with Gasteiger partial charge in [-0.3, -0.25) is 9.59 Å². The van der Waals surface area contributed by atoms with Gasteiger partial charge in [0.1, 0.15) is 0 Å². The van der Waals surface area contributed by atoms with E-state index in [0.29, 0.717) is 5.69 Å². The van der Waals surface area contributed by atoms with Gasteiger partial charge >= 0.3 is 0 Å². The van der Waals surface area contributed by atoms with Gasteiger partial charge in [-0.1, -0.05) is 12.1 Å². The number of rotatable bonds is 2. The molecule has 0 atom stereocenters. The van der Waals surface area contributed by atoms with Crippen LogP contribution in [-0.4, -0.2) is 18.7 Å². The van der Waals surface area contributed by atoms with Crippen molar-refractivity contribution < 1.29 is 9.59 Å². The number of amides is 1. The normalized spacial score (nSPS) is 9.31. The molecule has 0 heterocycles. The SMILES string of the molecule is CNC(=O)C(=O)c1ccccc1N. The maximum Gasteiger partial charge on any atom is 0.292 e. The molecule has 68 valence electrons. The smallest absolute Gasteiger partial charge is 0.292 e. The van der Waals surface area contributed by atoms with E-state index >= 15 is 0 Å². The highest BCUT2D eigenvalue weighted by atomic mass is 16.2. The Bertz CT molecular complexity index is 347. The third-order valence-corrected chi connectivity index (χ3v) is 1.64. The van der Waals surface area contributed by atoms with Crippen LogP contribution < -0.4 is 11.1 Å². The molecular weight excluding hydrogens is 168 g/mol. The van der Waals surface area contributed by atoms with Gasteiger partial charge in [0.25, 0.3) is 11.7 Å². The van der Waals surface area contributed by atoms with E-state index in [4.69, 9.17) is 5.73 Å². The molecule has 0 aliphatic heterocycles. The third-order valence-electron chi connectivity index (χ3n) is 1.64. The van der Waals surface area contributed by atoms with E-state index in [1.54, 1.807) is 18.2 Å². The molecule has 0 aliphatic carbocycles. The second-order valence-electron chi connectivity index (χ2n) is 2.50. The summed E-state index contributed by atoms with van der Waals surface area (Å²) < 4.78 is 0. The monoisotopic (exact) mass is 178 g/mol. The lowest BCUT2D eigenvalue weighted by Crippen LogP contribution is -2.28. The number of Topliss-reactive ketones (excluding diaryl/α,β-unsaturated/α-hetero) is 1. The lowest BCUT2D eigenvalue weighted by molar-refractivity contribution is -0.116. The number of nitrogens with one attached hydrogen (secondary N) is 1. The van der Waals surface area contributed by atoms with Crippen LogP contribution in [0.3, 0.4) is 0 Å². The Labute approximate surface area is 75.7 Å². The van der Waals surface area contributed by atoms with Crippen molar-refractivity contribution in [1.29, 1.82) is 0 Å². The van der Waals surface area contributed by atoms with Crippen LogP contribution in [0.5, 0.6) is 0 Å². The van der Waals surface area contributed by atoms with Gasteiger partial charge in [-0.05, 0) is 12.1 Å². The van der Waals surface area contributed by atoms with Gasteiger partial charge in [-0.15, -0.1) is 0 Å². The molecule has 1 aromatic rings. The average molecular weight is 178 g/mol. The summed E-state index contributed by atoms with van der Waals surface area (Å²) in [6.45, 7) is 0. The van der Waals surface area contributed by atoms with E-state index in [2.05, 4.69) is 5.32 Å². The van der Waals surface area contributed by atoms with E-state index in [1.807, 2.05) is 0 Å². The molecule has 0 unspecified atom stereocenters.